The van der Waals surface area contributed by atoms with E-state index in [1.807, 2.05) is 51.1 Å². The third-order valence-electron chi connectivity index (χ3n) is 4.82. The number of aliphatic hydroxyl groups excluding tert-OH is 1. The van der Waals surface area contributed by atoms with Gasteiger partial charge in [0.2, 0.25) is 11.7 Å². The molecule has 1 aromatic carbocycles. The predicted octanol–water partition coefficient (Wildman–Crippen LogP) is 1.77. The predicted molar refractivity (Wildman–Crippen MR) is 93.5 cm³/mol. The number of rotatable bonds is 4. The van der Waals surface area contributed by atoms with E-state index in [0.717, 1.165) is 12.0 Å². The zero-order chi connectivity index (χ0) is 18.0. The Morgan fingerprint density at radius 1 is 1.28 bits per heavy atom. The van der Waals surface area contributed by atoms with Crippen molar-refractivity contribution in [1.82, 2.24) is 25.1 Å². The largest absolute Gasteiger partial charge is 0.391 e. The monoisotopic (exact) mass is 343 g/mol. The molecule has 134 valence electrons. The van der Waals surface area contributed by atoms with Crippen LogP contribution >= 0.6 is 0 Å². The van der Waals surface area contributed by atoms with E-state index >= 15 is 0 Å². The van der Waals surface area contributed by atoms with Gasteiger partial charge in [-0.2, -0.15) is 4.80 Å². The van der Waals surface area contributed by atoms with Crippen LogP contribution < -0.4 is 0 Å². The summed E-state index contributed by atoms with van der Waals surface area (Å²) in [6, 6.07) is 9.06. The highest BCUT2D eigenvalue weighted by atomic mass is 16.3. The van der Waals surface area contributed by atoms with Crippen molar-refractivity contribution < 1.29 is 9.90 Å². The van der Waals surface area contributed by atoms with Gasteiger partial charge in [-0.3, -0.25) is 4.79 Å². The summed E-state index contributed by atoms with van der Waals surface area (Å²) in [6.45, 7) is 6.97. The molecule has 0 saturated carbocycles. The number of hydrogen-bond acceptors (Lipinski definition) is 5. The zero-order valence-corrected chi connectivity index (χ0v) is 14.9. The van der Waals surface area contributed by atoms with Gasteiger partial charge in [0.25, 0.3) is 0 Å². The molecule has 3 rings (SSSR count). The first kappa shape index (κ1) is 17.5. The Morgan fingerprint density at radius 3 is 2.64 bits per heavy atom. The van der Waals surface area contributed by atoms with E-state index in [9.17, 15) is 9.90 Å². The van der Waals surface area contributed by atoms with Gasteiger partial charge in [0, 0.05) is 18.7 Å². The van der Waals surface area contributed by atoms with Crippen LogP contribution in [0.15, 0.2) is 30.3 Å². The lowest BCUT2D eigenvalue weighted by Crippen LogP contribution is -2.49. The maximum Gasteiger partial charge on any atom is 0.249 e. The second-order valence-electron chi connectivity index (χ2n) is 7.11. The summed E-state index contributed by atoms with van der Waals surface area (Å²) in [7, 11) is 0. The topological polar surface area (TPSA) is 84.1 Å². The van der Waals surface area contributed by atoms with Crippen LogP contribution in [-0.2, 0) is 4.79 Å². The molecule has 1 aromatic heterocycles. The number of hydrogen-bond donors (Lipinski definition) is 1. The van der Waals surface area contributed by atoms with Crippen molar-refractivity contribution in [3.8, 4) is 11.4 Å². The number of tetrazole rings is 1. The van der Waals surface area contributed by atoms with Gasteiger partial charge in [-0.05, 0) is 23.5 Å². The molecule has 1 saturated heterocycles. The third-order valence-corrected chi connectivity index (χ3v) is 4.82. The van der Waals surface area contributed by atoms with Crippen LogP contribution in [0.25, 0.3) is 11.4 Å². The van der Waals surface area contributed by atoms with Gasteiger partial charge in [0.1, 0.15) is 0 Å². The molecule has 25 heavy (non-hydrogen) atoms. The minimum atomic E-state index is -0.523. The Hall–Kier alpha value is -2.28. The molecule has 2 heterocycles. The molecule has 1 aliphatic heterocycles. The normalized spacial score (nSPS) is 22.2. The van der Waals surface area contributed by atoms with E-state index in [4.69, 9.17) is 0 Å². The van der Waals surface area contributed by atoms with Crippen LogP contribution in [0.5, 0.6) is 0 Å². The summed E-state index contributed by atoms with van der Waals surface area (Å²) < 4.78 is 0. The van der Waals surface area contributed by atoms with Gasteiger partial charge in [0.05, 0.1) is 6.10 Å². The van der Waals surface area contributed by atoms with Crippen molar-refractivity contribution in [2.45, 2.75) is 39.3 Å². The molecule has 0 aliphatic carbocycles. The lowest BCUT2D eigenvalue weighted by Gasteiger charge is -2.36. The number of aromatic nitrogens is 4. The second kappa shape index (κ2) is 7.31. The minimum absolute atomic E-state index is 0.0156. The van der Waals surface area contributed by atoms with E-state index in [1.165, 1.54) is 4.80 Å². The molecule has 7 nitrogen and oxygen atoms in total. The maximum absolute atomic E-state index is 13.0. The Labute approximate surface area is 147 Å². The van der Waals surface area contributed by atoms with E-state index in [1.54, 1.807) is 4.90 Å². The summed E-state index contributed by atoms with van der Waals surface area (Å²) in [4.78, 5) is 16.2. The molecule has 7 heteroatoms. The Morgan fingerprint density at radius 2 is 2.00 bits per heavy atom. The van der Waals surface area contributed by atoms with Crippen LogP contribution in [0, 0.1) is 11.8 Å². The van der Waals surface area contributed by atoms with E-state index in [2.05, 4.69) is 15.4 Å². The summed E-state index contributed by atoms with van der Waals surface area (Å²) in [5.41, 5.74) is 0.867. The molecule has 3 unspecified atom stereocenters. The molecule has 2 aromatic rings. The van der Waals surface area contributed by atoms with E-state index in [-0.39, 0.29) is 17.7 Å². The molecule has 1 fully saturated rings. The number of β-amino-alcohol motifs (C(OH)–C–C–N with tert-alkyl or cyclic N) is 1. The molecule has 1 aliphatic rings. The average molecular weight is 343 g/mol. The van der Waals surface area contributed by atoms with Crippen LogP contribution in [0.4, 0.5) is 0 Å². The third kappa shape index (κ3) is 3.71. The van der Waals surface area contributed by atoms with Crippen molar-refractivity contribution in [3.63, 3.8) is 0 Å². The first-order valence-electron chi connectivity index (χ1n) is 8.79. The Balaban J connectivity index is 1.82. The molecule has 1 N–H and O–H groups in total. The molecule has 0 radical (unpaired) electrons. The maximum atomic E-state index is 13.0. The van der Waals surface area contributed by atoms with Gasteiger partial charge < -0.3 is 10.0 Å². The molecule has 1 amide bonds. The number of aliphatic hydroxyl groups is 1. The SMILES string of the molecule is CC(C)C(C(=O)N1CCC(C)C(O)C1)n1nnc(-c2ccccc2)n1. The number of carbonyl (C=O) groups excluding carboxylic acids is 1. The second-order valence-corrected chi connectivity index (χ2v) is 7.11. The van der Waals surface area contributed by atoms with Crippen LogP contribution in [0.2, 0.25) is 0 Å². The van der Waals surface area contributed by atoms with Crippen LogP contribution in [-0.4, -0.2) is 55.3 Å². The number of likely N-dealkylation sites (tertiary alicyclic amines) is 1. The van der Waals surface area contributed by atoms with Gasteiger partial charge >= 0.3 is 0 Å². The smallest absolute Gasteiger partial charge is 0.249 e. The summed E-state index contributed by atoms with van der Waals surface area (Å²) in [6.07, 6.45) is 0.326. The summed E-state index contributed by atoms with van der Waals surface area (Å²) in [5, 5.41) is 22.8. The molecular formula is C18H25N5O2. The van der Waals surface area contributed by atoms with Crippen LogP contribution in [0.3, 0.4) is 0 Å². The first-order chi connectivity index (χ1) is 12.0. The van der Waals surface area contributed by atoms with Crippen molar-refractivity contribution in [2.75, 3.05) is 13.1 Å². The lowest BCUT2D eigenvalue weighted by atomic mass is 9.94. The Kier molecular flexibility index (Phi) is 5.13. The highest BCUT2D eigenvalue weighted by Crippen LogP contribution is 2.24. The summed E-state index contributed by atoms with van der Waals surface area (Å²) >= 11 is 0. The highest BCUT2D eigenvalue weighted by molar-refractivity contribution is 5.80. The fraction of sp³-hybridized carbons (Fsp3) is 0.556. The molecule has 0 bridgehead atoms. The fourth-order valence-electron chi connectivity index (χ4n) is 3.13. The van der Waals surface area contributed by atoms with E-state index in [0.29, 0.717) is 18.9 Å². The van der Waals surface area contributed by atoms with Crippen molar-refractivity contribution in [2.24, 2.45) is 11.8 Å². The van der Waals surface area contributed by atoms with Crippen molar-refractivity contribution in [1.29, 1.82) is 0 Å². The van der Waals surface area contributed by atoms with E-state index < -0.39 is 12.1 Å². The Bertz CT molecular complexity index is 715. The van der Waals surface area contributed by atoms with Crippen molar-refractivity contribution >= 4 is 5.91 Å². The number of piperidine rings is 1. The molecule has 0 spiro atoms. The summed E-state index contributed by atoms with van der Waals surface area (Å²) in [5.74, 6) is 0.682. The number of benzene rings is 1. The first-order valence-corrected chi connectivity index (χ1v) is 8.79. The molecular weight excluding hydrogens is 318 g/mol. The number of amides is 1. The lowest BCUT2D eigenvalue weighted by molar-refractivity contribution is -0.141. The number of carbonyl (C=O) groups is 1. The fourth-order valence-corrected chi connectivity index (χ4v) is 3.13. The zero-order valence-electron chi connectivity index (χ0n) is 14.9. The van der Waals surface area contributed by atoms with Gasteiger partial charge in [0.15, 0.2) is 6.04 Å². The quantitative estimate of drug-likeness (QED) is 0.914. The van der Waals surface area contributed by atoms with Gasteiger partial charge in [-0.25, -0.2) is 0 Å². The molecule has 3 atom stereocenters. The van der Waals surface area contributed by atoms with Gasteiger partial charge in [-0.15, -0.1) is 10.2 Å². The highest BCUT2D eigenvalue weighted by Gasteiger charge is 2.35. The van der Waals surface area contributed by atoms with Crippen LogP contribution in [0.1, 0.15) is 33.2 Å². The average Bonchev–Trinajstić information content (AvgIpc) is 3.07. The minimum Gasteiger partial charge on any atom is -0.391 e. The number of nitrogens with zero attached hydrogens (tertiary/aromatic N) is 5. The van der Waals surface area contributed by atoms with Gasteiger partial charge in [-0.1, -0.05) is 51.1 Å². The van der Waals surface area contributed by atoms with Crippen molar-refractivity contribution in [3.05, 3.63) is 30.3 Å². The standard InChI is InChI=1S/C18H25N5O2/c1-12(2)16(18(25)22-10-9-13(3)15(24)11-22)23-20-17(19-21-23)14-7-5-4-6-8-14/h4-8,12-13,15-16,24H,9-11H2,1-3H3.